The van der Waals surface area contributed by atoms with Crippen LogP contribution in [0.25, 0.3) is 0 Å². The van der Waals surface area contributed by atoms with Crippen molar-refractivity contribution < 1.29 is 4.74 Å². The molecule has 1 atom stereocenters. The second-order valence-corrected chi connectivity index (χ2v) is 6.15. The van der Waals surface area contributed by atoms with Crippen LogP contribution in [0.4, 0.5) is 0 Å². The van der Waals surface area contributed by atoms with Crippen molar-refractivity contribution >= 4 is 0 Å². The van der Waals surface area contributed by atoms with E-state index >= 15 is 0 Å². The molecule has 1 aromatic rings. The van der Waals surface area contributed by atoms with Crippen LogP contribution in [0.1, 0.15) is 56.8 Å². The maximum atomic E-state index is 6.09. The highest BCUT2D eigenvalue weighted by molar-refractivity contribution is 5.46. The maximum Gasteiger partial charge on any atom is 0.123 e. The molecule has 0 radical (unpaired) electrons. The summed E-state index contributed by atoms with van der Waals surface area (Å²) in [5.41, 5.74) is 15.3. The van der Waals surface area contributed by atoms with Crippen LogP contribution in [0.15, 0.2) is 12.1 Å². The summed E-state index contributed by atoms with van der Waals surface area (Å²) < 4.78 is 5.89. The zero-order valence-electron chi connectivity index (χ0n) is 12.9. The summed E-state index contributed by atoms with van der Waals surface area (Å²) in [6.07, 6.45) is 1.01. The molecular weight excluding hydrogens is 236 g/mol. The Morgan fingerprint density at radius 1 is 1.26 bits per heavy atom. The van der Waals surface area contributed by atoms with Crippen LogP contribution < -0.4 is 16.2 Å². The Kier molecular flexibility index (Phi) is 5.39. The molecule has 3 nitrogen and oxygen atoms in total. The van der Waals surface area contributed by atoms with Gasteiger partial charge in [0.1, 0.15) is 5.75 Å². The summed E-state index contributed by atoms with van der Waals surface area (Å²) in [7, 11) is 0. The quantitative estimate of drug-likeness (QED) is 0.859. The third-order valence-corrected chi connectivity index (χ3v) is 3.29. The molecule has 0 fully saturated rings. The SMILES string of the molecule is CCCOc1cc(C)c(C(N)CN)cc1C(C)(C)C. The minimum absolute atomic E-state index is 0.0276. The summed E-state index contributed by atoms with van der Waals surface area (Å²) in [5, 5.41) is 0. The summed E-state index contributed by atoms with van der Waals surface area (Å²) in [6, 6.07) is 4.15. The fourth-order valence-corrected chi connectivity index (χ4v) is 2.14. The van der Waals surface area contributed by atoms with Gasteiger partial charge in [0.15, 0.2) is 0 Å². The Hall–Kier alpha value is -1.06. The Morgan fingerprint density at radius 3 is 2.37 bits per heavy atom. The Balaban J connectivity index is 3.29. The van der Waals surface area contributed by atoms with Gasteiger partial charge in [-0.25, -0.2) is 0 Å². The summed E-state index contributed by atoms with van der Waals surface area (Å²) >= 11 is 0. The van der Waals surface area contributed by atoms with Crippen molar-refractivity contribution in [3.63, 3.8) is 0 Å². The Labute approximate surface area is 117 Å². The molecule has 3 heteroatoms. The normalized spacial score (nSPS) is 13.4. The van der Waals surface area contributed by atoms with Gasteiger partial charge in [0.2, 0.25) is 0 Å². The van der Waals surface area contributed by atoms with E-state index in [1.807, 2.05) is 0 Å². The van der Waals surface area contributed by atoms with Crippen molar-refractivity contribution in [2.24, 2.45) is 11.5 Å². The molecule has 0 aliphatic carbocycles. The topological polar surface area (TPSA) is 61.3 Å². The molecule has 0 amide bonds. The zero-order valence-corrected chi connectivity index (χ0v) is 12.9. The van der Waals surface area contributed by atoms with E-state index < -0.39 is 0 Å². The van der Waals surface area contributed by atoms with Gasteiger partial charge in [-0.05, 0) is 47.6 Å². The van der Waals surface area contributed by atoms with E-state index in [4.69, 9.17) is 16.2 Å². The molecule has 108 valence electrons. The number of hydrogen-bond donors (Lipinski definition) is 2. The monoisotopic (exact) mass is 264 g/mol. The van der Waals surface area contributed by atoms with Crippen LogP contribution in [0.5, 0.6) is 5.75 Å². The lowest BCUT2D eigenvalue weighted by Gasteiger charge is -2.26. The van der Waals surface area contributed by atoms with Crippen molar-refractivity contribution in [2.75, 3.05) is 13.2 Å². The van der Waals surface area contributed by atoms with Crippen LogP contribution in [0, 0.1) is 6.92 Å². The smallest absolute Gasteiger partial charge is 0.123 e. The Bertz CT molecular complexity index is 421. The van der Waals surface area contributed by atoms with E-state index in [1.165, 1.54) is 5.56 Å². The molecule has 0 aromatic heterocycles. The molecule has 1 aromatic carbocycles. The largest absolute Gasteiger partial charge is 0.493 e. The van der Waals surface area contributed by atoms with Gasteiger partial charge in [-0.1, -0.05) is 27.7 Å². The van der Waals surface area contributed by atoms with Gasteiger partial charge < -0.3 is 16.2 Å². The molecule has 0 spiro atoms. The highest BCUT2D eigenvalue weighted by atomic mass is 16.5. The number of benzene rings is 1. The number of nitrogens with two attached hydrogens (primary N) is 2. The molecule has 1 rings (SSSR count). The summed E-state index contributed by atoms with van der Waals surface area (Å²) in [4.78, 5) is 0. The molecule has 0 saturated carbocycles. The van der Waals surface area contributed by atoms with Gasteiger partial charge >= 0.3 is 0 Å². The second-order valence-electron chi connectivity index (χ2n) is 6.15. The predicted molar refractivity (Wildman–Crippen MR) is 81.6 cm³/mol. The molecule has 4 N–H and O–H groups in total. The van der Waals surface area contributed by atoms with Gasteiger partial charge in [0, 0.05) is 12.6 Å². The lowest BCUT2D eigenvalue weighted by atomic mass is 9.83. The third kappa shape index (κ3) is 3.95. The molecule has 0 heterocycles. The third-order valence-electron chi connectivity index (χ3n) is 3.29. The van der Waals surface area contributed by atoms with Crippen molar-refractivity contribution in [3.05, 3.63) is 28.8 Å². The average Bonchev–Trinajstić information content (AvgIpc) is 2.33. The number of ether oxygens (including phenoxy) is 1. The first kappa shape index (κ1) is 16.0. The van der Waals surface area contributed by atoms with Crippen molar-refractivity contribution in [2.45, 2.75) is 52.5 Å². The second kappa shape index (κ2) is 6.40. The Morgan fingerprint density at radius 2 is 1.89 bits per heavy atom. The minimum atomic E-state index is -0.110. The molecular formula is C16H28N2O. The van der Waals surface area contributed by atoms with E-state index in [1.54, 1.807) is 0 Å². The first-order chi connectivity index (χ1) is 8.81. The van der Waals surface area contributed by atoms with Crippen LogP contribution in [-0.2, 0) is 5.41 Å². The van der Waals surface area contributed by atoms with E-state index in [9.17, 15) is 0 Å². The van der Waals surface area contributed by atoms with Crippen LogP contribution in [0.3, 0.4) is 0 Å². The van der Waals surface area contributed by atoms with Gasteiger partial charge in [-0.2, -0.15) is 0 Å². The highest BCUT2D eigenvalue weighted by Crippen LogP contribution is 2.35. The molecule has 1 unspecified atom stereocenters. The molecule has 0 saturated heterocycles. The average molecular weight is 264 g/mol. The molecule has 19 heavy (non-hydrogen) atoms. The van der Waals surface area contributed by atoms with Crippen molar-refractivity contribution in [1.82, 2.24) is 0 Å². The fourth-order valence-electron chi connectivity index (χ4n) is 2.14. The first-order valence-corrected chi connectivity index (χ1v) is 7.04. The van der Waals surface area contributed by atoms with Gasteiger partial charge in [-0.15, -0.1) is 0 Å². The first-order valence-electron chi connectivity index (χ1n) is 7.04. The zero-order chi connectivity index (χ0) is 14.6. The minimum Gasteiger partial charge on any atom is -0.493 e. The van der Waals surface area contributed by atoms with Gasteiger partial charge in [0.05, 0.1) is 6.61 Å². The predicted octanol–water partition coefficient (Wildman–Crippen LogP) is 3.04. The fraction of sp³-hybridized carbons (Fsp3) is 0.625. The lowest BCUT2D eigenvalue weighted by molar-refractivity contribution is 0.308. The highest BCUT2D eigenvalue weighted by Gasteiger charge is 2.22. The molecule has 0 aliphatic rings. The van der Waals surface area contributed by atoms with E-state index in [-0.39, 0.29) is 11.5 Å². The van der Waals surface area contributed by atoms with Crippen LogP contribution in [0.2, 0.25) is 0 Å². The van der Waals surface area contributed by atoms with E-state index in [2.05, 4.69) is 46.8 Å². The molecule has 0 bridgehead atoms. The lowest BCUT2D eigenvalue weighted by Crippen LogP contribution is -2.23. The molecule has 0 aliphatic heterocycles. The van der Waals surface area contributed by atoms with Crippen molar-refractivity contribution in [1.29, 1.82) is 0 Å². The summed E-state index contributed by atoms with van der Waals surface area (Å²) in [6.45, 7) is 11.9. The van der Waals surface area contributed by atoms with Gasteiger partial charge in [0.25, 0.3) is 0 Å². The van der Waals surface area contributed by atoms with Crippen LogP contribution in [-0.4, -0.2) is 13.2 Å². The number of hydrogen-bond acceptors (Lipinski definition) is 3. The van der Waals surface area contributed by atoms with Crippen LogP contribution >= 0.6 is 0 Å². The summed E-state index contributed by atoms with van der Waals surface area (Å²) in [5.74, 6) is 0.972. The number of rotatable bonds is 5. The number of aryl methyl sites for hydroxylation is 1. The van der Waals surface area contributed by atoms with E-state index in [0.717, 1.165) is 29.9 Å². The standard InChI is InChI=1S/C16H28N2O/c1-6-7-19-15-8-11(2)12(14(18)10-17)9-13(15)16(3,4)5/h8-9,14H,6-7,10,17-18H2,1-5H3. The van der Waals surface area contributed by atoms with Gasteiger partial charge in [-0.3, -0.25) is 0 Å². The van der Waals surface area contributed by atoms with Crippen molar-refractivity contribution in [3.8, 4) is 5.75 Å². The van der Waals surface area contributed by atoms with E-state index in [0.29, 0.717) is 6.54 Å². The maximum absolute atomic E-state index is 6.09.